The first kappa shape index (κ1) is 14.4. The van der Waals surface area contributed by atoms with E-state index in [1.165, 1.54) is 12.1 Å². The van der Waals surface area contributed by atoms with E-state index in [0.717, 1.165) is 17.1 Å². The van der Waals surface area contributed by atoms with Crippen LogP contribution in [0.1, 0.15) is 26.3 Å². The van der Waals surface area contributed by atoms with Crippen molar-refractivity contribution >= 4 is 12.6 Å². The lowest BCUT2D eigenvalue weighted by Gasteiger charge is -2.29. The van der Waals surface area contributed by atoms with E-state index in [1.807, 2.05) is 6.92 Å². The number of hydrogen-bond acceptors (Lipinski definition) is 2. The van der Waals surface area contributed by atoms with Crippen LogP contribution in [0.15, 0.2) is 18.2 Å². The number of halogens is 1. The van der Waals surface area contributed by atoms with Crippen LogP contribution in [0.25, 0.3) is 0 Å². The third kappa shape index (κ3) is 4.23. The summed E-state index contributed by atoms with van der Waals surface area (Å²) < 4.78 is 18.7. The van der Waals surface area contributed by atoms with Crippen molar-refractivity contribution in [1.29, 1.82) is 0 Å². The summed E-state index contributed by atoms with van der Waals surface area (Å²) >= 11 is 4.36. The first-order valence-electron chi connectivity index (χ1n) is 5.84. The van der Waals surface area contributed by atoms with Crippen LogP contribution < -0.4 is 4.74 Å². The number of thiol groups is 1. The van der Waals surface area contributed by atoms with E-state index in [0.29, 0.717) is 12.5 Å². The quantitative estimate of drug-likeness (QED) is 0.798. The van der Waals surface area contributed by atoms with Crippen molar-refractivity contribution in [2.24, 2.45) is 11.3 Å². The Labute approximate surface area is 109 Å². The van der Waals surface area contributed by atoms with E-state index in [1.54, 1.807) is 6.07 Å². The van der Waals surface area contributed by atoms with Crippen LogP contribution in [0, 0.1) is 24.1 Å². The number of rotatable bonds is 4. The summed E-state index contributed by atoms with van der Waals surface area (Å²) in [5.74, 6) is 1.68. The number of ether oxygens (including phenoxy) is 1. The van der Waals surface area contributed by atoms with Gasteiger partial charge in [0, 0.05) is 5.92 Å². The van der Waals surface area contributed by atoms with Gasteiger partial charge in [-0.15, -0.1) is 0 Å². The Balaban J connectivity index is 2.66. The molecule has 0 aromatic heterocycles. The number of benzene rings is 1. The van der Waals surface area contributed by atoms with Gasteiger partial charge < -0.3 is 4.74 Å². The molecular weight excluding hydrogens is 235 g/mol. The van der Waals surface area contributed by atoms with Crippen molar-refractivity contribution in [3.63, 3.8) is 0 Å². The van der Waals surface area contributed by atoms with Gasteiger partial charge in [-0.2, -0.15) is 12.6 Å². The van der Waals surface area contributed by atoms with Crippen LogP contribution in [0.5, 0.6) is 5.75 Å². The maximum atomic E-state index is 12.9. The smallest absolute Gasteiger partial charge is 0.123 e. The highest BCUT2D eigenvalue weighted by molar-refractivity contribution is 7.80. The Hall–Kier alpha value is -0.700. The van der Waals surface area contributed by atoms with E-state index in [4.69, 9.17) is 4.74 Å². The molecule has 0 fully saturated rings. The Morgan fingerprint density at radius 3 is 2.47 bits per heavy atom. The topological polar surface area (TPSA) is 9.23 Å². The Bertz CT molecular complexity index is 371. The molecule has 1 aromatic carbocycles. The summed E-state index contributed by atoms with van der Waals surface area (Å²) in [6, 6.07) is 4.60. The first-order chi connectivity index (χ1) is 7.84. The summed E-state index contributed by atoms with van der Waals surface area (Å²) in [5, 5.41) is 0. The predicted molar refractivity (Wildman–Crippen MR) is 73.4 cm³/mol. The molecular formula is C14H21FOS. The molecule has 0 bridgehead atoms. The van der Waals surface area contributed by atoms with Gasteiger partial charge in [0.05, 0.1) is 6.61 Å². The molecule has 3 heteroatoms. The second-order valence-corrected chi connectivity index (χ2v) is 5.83. The Kier molecular flexibility index (Phi) is 4.87. The molecule has 0 amide bonds. The van der Waals surface area contributed by atoms with Crippen molar-refractivity contribution < 1.29 is 9.13 Å². The predicted octanol–water partition coefficient (Wildman–Crippen LogP) is 4.11. The average molecular weight is 256 g/mol. The minimum Gasteiger partial charge on any atom is -0.493 e. The van der Waals surface area contributed by atoms with Crippen LogP contribution in [-0.4, -0.2) is 12.4 Å². The van der Waals surface area contributed by atoms with Gasteiger partial charge in [0.15, 0.2) is 0 Å². The standard InChI is InChI=1S/C14H21FOS/c1-10-7-12(15)5-6-13(10)16-8-11(9-17)14(2,3)4/h5-7,11,17H,8-9H2,1-4H3. The van der Waals surface area contributed by atoms with Crippen LogP contribution in [0.2, 0.25) is 0 Å². The van der Waals surface area contributed by atoms with Crippen molar-refractivity contribution in [1.82, 2.24) is 0 Å². The minimum absolute atomic E-state index is 0.162. The number of hydrogen-bond donors (Lipinski definition) is 1. The molecule has 0 heterocycles. The molecule has 1 aromatic rings. The maximum Gasteiger partial charge on any atom is 0.123 e. The van der Waals surface area contributed by atoms with Gasteiger partial charge in [-0.25, -0.2) is 4.39 Å². The molecule has 1 atom stereocenters. The fourth-order valence-electron chi connectivity index (χ4n) is 1.54. The molecule has 0 radical (unpaired) electrons. The minimum atomic E-state index is -0.226. The molecule has 0 N–H and O–H groups in total. The van der Waals surface area contributed by atoms with E-state index >= 15 is 0 Å². The summed E-state index contributed by atoms with van der Waals surface area (Å²) in [4.78, 5) is 0. The largest absolute Gasteiger partial charge is 0.493 e. The van der Waals surface area contributed by atoms with E-state index in [-0.39, 0.29) is 11.2 Å². The van der Waals surface area contributed by atoms with Gasteiger partial charge in [-0.05, 0) is 41.9 Å². The van der Waals surface area contributed by atoms with Gasteiger partial charge in [0.25, 0.3) is 0 Å². The molecule has 1 nitrogen and oxygen atoms in total. The second-order valence-electron chi connectivity index (χ2n) is 5.47. The zero-order valence-electron chi connectivity index (χ0n) is 11.0. The van der Waals surface area contributed by atoms with Crippen molar-refractivity contribution in [3.8, 4) is 5.75 Å². The molecule has 0 saturated carbocycles. The first-order valence-corrected chi connectivity index (χ1v) is 6.47. The average Bonchev–Trinajstić information content (AvgIpc) is 2.19. The third-order valence-electron chi connectivity index (χ3n) is 3.02. The lowest BCUT2D eigenvalue weighted by atomic mass is 9.82. The molecule has 0 aliphatic heterocycles. The Morgan fingerprint density at radius 2 is 2.00 bits per heavy atom. The molecule has 1 rings (SSSR count). The van der Waals surface area contributed by atoms with Gasteiger partial charge in [-0.1, -0.05) is 20.8 Å². The molecule has 1 unspecified atom stereocenters. The summed E-state index contributed by atoms with van der Waals surface area (Å²) in [6.07, 6.45) is 0. The normalized spacial score (nSPS) is 13.5. The van der Waals surface area contributed by atoms with Crippen molar-refractivity contribution in [2.45, 2.75) is 27.7 Å². The molecule has 96 valence electrons. The van der Waals surface area contributed by atoms with Crippen LogP contribution in [0.4, 0.5) is 4.39 Å². The lowest BCUT2D eigenvalue weighted by molar-refractivity contribution is 0.164. The fourth-order valence-corrected chi connectivity index (χ4v) is 2.19. The Morgan fingerprint density at radius 1 is 1.35 bits per heavy atom. The van der Waals surface area contributed by atoms with Crippen LogP contribution in [-0.2, 0) is 0 Å². The van der Waals surface area contributed by atoms with Gasteiger partial charge in [0.2, 0.25) is 0 Å². The maximum absolute atomic E-state index is 12.9. The summed E-state index contributed by atoms with van der Waals surface area (Å²) in [6.45, 7) is 8.99. The van der Waals surface area contributed by atoms with Crippen LogP contribution in [0.3, 0.4) is 0 Å². The van der Waals surface area contributed by atoms with Crippen molar-refractivity contribution in [3.05, 3.63) is 29.6 Å². The van der Waals surface area contributed by atoms with Crippen molar-refractivity contribution in [2.75, 3.05) is 12.4 Å². The zero-order chi connectivity index (χ0) is 13.1. The van der Waals surface area contributed by atoms with E-state index in [9.17, 15) is 4.39 Å². The molecule has 0 spiro atoms. The highest BCUT2D eigenvalue weighted by Crippen LogP contribution is 2.28. The van der Waals surface area contributed by atoms with Gasteiger partial charge in [-0.3, -0.25) is 0 Å². The highest BCUT2D eigenvalue weighted by Gasteiger charge is 2.24. The molecule has 0 aliphatic carbocycles. The molecule has 0 aliphatic rings. The van der Waals surface area contributed by atoms with Crippen LogP contribution >= 0.6 is 12.6 Å². The monoisotopic (exact) mass is 256 g/mol. The zero-order valence-corrected chi connectivity index (χ0v) is 11.9. The van der Waals surface area contributed by atoms with E-state index in [2.05, 4.69) is 33.4 Å². The van der Waals surface area contributed by atoms with Gasteiger partial charge >= 0.3 is 0 Å². The van der Waals surface area contributed by atoms with E-state index < -0.39 is 0 Å². The number of aryl methyl sites for hydroxylation is 1. The lowest BCUT2D eigenvalue weighted by Crippen LogP contribution is -2.28. The fraction of sp³-hybridized carbons (Fsp3) is 0.571. The molecule has 17 heavy (non-hydrogen) atoms. The van der Waals surface area contributed by atoms with Gasteiger partial charge in [0.1, 0.15) is 11.6 Å². The third-order valence-corrected chi connectivity index (χ3v) is 3.46. The molecule has 0 saturated heterocycles. The second kappa shape index (κ2) is 5.76. The summed E-state index contributed by atoms with van der Waals surface area (Å²) in [5.41, 5.74) is 0.993. The summed E-state index contributed by atoms with van der Waals surface area (Å²) in [7, 11) is 0. The SMILES string of the molecule is Cc1cc(F)ccc1OCC(CS)C(C)(C)C. The highest BCUT2D eigenvalue weighted by atomic mass is 32.1.